The molecule has 0 radical (unpaired) electrons. The van der Waals surface area contributed by atoms with E-state index in [0.717, 1.165) is 55.2 Å². The third-order valence-corrected chi connectivity index (χ3v) is 7.65. The van der Waals surface area contributed by atoms with Crippen LogP contribution in [-0.4, -0.2) is 39.5 Å². The van der Waals surface area contributed by atoms with E-state index in [4.69, 9.17) is 31.0 Å². The maximum atomic E-state index is 13.0. The summed E-state index contributed by atoms with van der Waals surface area (Å²) < 4.78 is 12.8. The van der Waals surface area contributed by atoms with Crippen LogP contribution in [0.5, 0.6) is 0 Å². The molecule has 0 saturated carbocycles. The van der Waals surface area contributed by atoms with E-state index in [-0.39, 0.29) is 5.78 Å². The Hall–Kier alpha value is -2.97. The average Bonchev–Trinajstić information content (AvgIpc) is 3.31. The van der Waals surface area contributed by atoms with Crippen LogP contribution in [0.4, 0.5) is 0 Å². The Morgan fingerprint density at radius 1 is 1.16 bits per heavy atom. The monoisotopic (exact) mass is 547 g/mol. The van der Waals surface area contributed by atoms with Crippen LogP contribution in [0, 0.1) is 6.92 Å². The summed E-state index contributed by atoms with van der Waals surface area (Å²) in [5.74, 6) is 0.655. The molecule has 1 atom stereocenters. The smallest absolute Gasteiger partial charge is 0.163 e. The minimum Gasteiger partial charge on any atom is -0.377 e. The Morgan fingerprint density at radius 3 is 2.58 bits per heavy atom. The molecule has 2 aromatic carbocycles. The molecular formula is C30H30ClN3O3S. The van der Waals surface area contributed by atoms with Crippen molar-refractivity contribution >= 4 is 44.5 Å². The first-order valence-corrected chi connectivity index (χ1v) is 13.8. The topological polar surface area (TPSA) is 74.2 Å². The first-order valence-electron chi connectivity index (χ1n) is 12.6. The lowest BCUT2D eigenvalue weighted by Gasteiger charge is -2.29. The summed E-state index contributed by atoms with van der Waals surface area (Å²) >= 11 is 7.79. The highest BCUT2D eigenvalue weighted by atomic mass is 35.5. The number of ether oxygens (including phenoxy) is 2. The average molecular weight is 548 g/mol. The second-order valence-corrected chi connectivity index (χ2v) is 11.8. The number of fused-ring (bicyclic) bond motifs is 1. The number of rotatable bonds is 6. The number of aromatic nitrogens is 3. The zero-order chi connectivity index (χ0) is 27.0. The molecule has 0 bridgehead atoms. The molecule has 0 spiro atoms. The number of nitrogens with zero attached hydrogens (tertiary/aromatic N) is 3. The van der Waals surface area contributed by atoms with Crippen molar-refractivity contribution in [2.75, 3.05) is 13.2 Å². The van der Waals surface area contributed by atoms with Crippen molar-refractivity contribution < 1.29 is 14.3 Å². The van der Waals surface area contributed by atoms with E-state index in [0.29, 0.717) is 24.1 Å². The van der Waals surface area contributed by atoms with Gasteiger partial charge in [-0.2, -0.15) is 0 Å². The van der Waals surface area contributed by atoms with Crippen LogP contribution in [0.2, 0.25) is 5.02 Å². The molecule has 196 valence electrons. The third kappa shape index (κ3) is 5.57. The fourth-order valence-corrected chi connectivity index (χ4v) is 5.84. The second kappa shape index (κ2) is 10.7. The van der Waals surface area contributed by atoms with Crippen molar-refractivity contribution in [2.45, 2.75) is 52.7 Å². The summed E-state index contributed by atoms with van der Waals surface area (Å²) in [5.41, 5.74) is 5.87. The second-order valence-electron chi connectivity index (χ2n) is 10.4. The lowest BCUT2D eigenvalue weighted by molar-refractivity contribution is -0.138. The first kappa shape index (κ1) is 26.6. The van der Waals surface area contributed by atoms with E-state index in [1.54, 1.807) is 24.5 Å². The highest BCUT2D eigenvalue weighted by molar-refractivity contribution is 7.22. The van der Waals surface area contributed by atoms with Crippen LogP contribution in [-0.2, 0) is 14.3 Å². The van der Waals surface area contributed by atoms with Gasteiger partial charge in [0.25, 0.3) is 0 Å². The maximum absolute atomic E-state index is 13.0. The van der Waals surface area contributed by atoms with Gasteiger partial charge < -0.3 is 9.47 Å². The molecule has 0 fully saturated rings. The third-order valence-electron chi connectivity index (χ3n) is 6.29. The predicted molar refractivity (Wildman–Crippen MR) is 154 cm³/mol. The highest BCUT2D eigenvalue weighted by Gasteiger charge is 2.30. The number of Topliss-reactive ketones (excluding diaryl/α,β-unsaturated/α-hetero) is 1. The van der Waals surface area contributed by atoms with Gasteiger partial charge in [0.15, 0.2) is 11.6 Å². The van der Waals surface area contributed by atoms with Gasteiger partial charge in [0, 0.05) is 22.3 Å². The van der Waals surface area contributed by atoms with Gasteiger partial charge in [-0.3, -0.25) is 4.79 Å². The molecule has 3 heterocycles. The fourth-order valence-electron chi connectivity index (χ4n) is 4.62. The van der Waals surface area contributed by atoms with E-state index in [1.807, 2.05) is 70.2 Å². The molecule has 8 heteroatoms. The number of hydrogen-bond donors (Lipinski definition) is 0. The van der Waals surface area contributed by atoms with Gasteiger partial charge in [-0.15, -0.1) is 11.3 Å². The highest BCUT2D eigenvalue weighted by Crippen LogP contribution is 2.44. The summed E-state index contributed by atoms with van der Waals surface area (Å²) in [4.78, 5) is 27.3. The van der Waals surface area contributed by atoms with Crippen LogP contribution in [0.15, 0.2) is 48.7 Å². The zero-order valence-corrected chi connectivity index (χ0v) is 23.7. The van der Waals surface area contributed by atoms with Gasteiger partial charge in [0.05, 0.1) is 29.0 Å². The minimum absolute atomic E-state index is 0.0486. The Balaban J connectivity index is 1.72. The normalized spacial score (nSPS) is 14.9. The number of aryl methyl sites for hydroxylation is 1. The minimum atomic E-state index is -0.721. The van der Waals surface area contributed by atoms with Crippen LogP contribution < -0.4 is 0 Å². The fraction of sp³-hybridized carbons (Fsp3) is 0.333. The number of ketones is 1. The van der Waals surface area contributed by atoms with Crippen LogP contribution >= 0.6 is 22.9 Å². The van der Waals surface area contributed by atoms with Gasteiger partial charge in [0.2, 0.25) is 0 Å². The Labute approximate surface area is 231 Å². The number of carbonyl (C=O) groups is 1. The molecule has 0 unspecified atom stereocenters. The summed E-state index contributed by atoms with van der Waals surface area (Å²) in [6.07, 6.45) is 3.88. The van der Waals surface area contributed by atoms with Crippen molar-refractivity contribution in [3.8, 4) is 21.8 Å². The SMILES string of the molecule is CC(=O)[C@@H](OC(C)(C)C)c1c(C)cc2nc(-c3ccnc(C4=CCOCC4)n3)sc2c1-c1ccc(Cl)cc1. The molecule has 0 amide bonds. The van der Waals surface area contributed by atoms with Crippen LogP contribution in [0.1, 0.15) is 57.2 Å². The van der Waals surface area contributed by atoms with Gasteiger partial charge in [-0.05, 0) is 82.0 Å². The molecule has 0 aliphatic carbocycles. The number of benzene rings is 2. The van der Waals surface area contributed by atoms with Crippen molar-refractivity contribution in [2.24, 2.45) is 0 Å². The van der Waals surface area contributed by atoms with E-state index in [2.05, 4.69) is 4.98 Å². The van der Waals surface area contributed by atoms with Crippen LogP contribution in [0.25, 0.3) is 37.6 Å². The lowest BCUT2D eigenvalue weighted by Crippen LogP contribution is -2.27. The van der Waals surface area contributed by atoms with E-state index in [1.165, 1.54) is 0 Å². The molecule has 0 saturated heterocycles. The van der Waals surface area contributed by atoms with Gasteiger partial charge >= 0.3 is 0 Å². The molecule has 5 rings (SSSR count). The van der Waals surface area contributed by atoms with Crippen molar-refractivity contribution in [3.05, 3.63) is 70.6 Å². The number of halogens is 1. The Morgan fingerprint density at radius 2 is 1.92 bits per heavy atom. The maximum Gasteiger partial charge on any atom is 0.163 e. The zero-order valence-electron chi connectivity index (χ0n) is 22.2. The quantitative estimate of drug-likeness (QED) is 0.247. The van der Waals surface area contributed by atoms with Crippen molar-refractivity contribution in [1.29, 1.82) is 0 Å². The Kier molecular flexibility index (Phi) is 7.47. The number of carbonyl (C=O) groups excluding carboxylic acids is 1. The van der Waals surface area contributed by atoms with E-state index >= 15 is 0 Å². The number of thiazole rings is 1. The molecule has 2 aromatic heterocycles. The molecule has 0 N–H and O–H groups in total. The number of hydrogen-bond acceptors (Lipinski definition) is 7. The van der Waals surface area contributed by atoms with Crippen molar-refractivity contribution in [1.82, 2.24) is 15.0 Å². The molecule has 6 nitrogen and oxygen atoms in total. The van der Waals surface area contributed by atoms with E-state index in [9.17, 15) is 4.79 Å². The van der Waals surface area contributed by atoms with Crippen LogP contribution in [0.3, 0.4) is 0 Å². The molecule has 4 aromatic rings. The Bertz CT molecular complexity index is 1540. The van der Waals surface area contributed by atoms with Gasteiger partial charge in [-0.1, -0.05) is 29.8 Å². The summed E-state index contributed by atoms with van der Waals surface area (Å²) in [6.45, 7) is 10.7. The molecule has 38 heavy (non-hydrogen) atoms. The first-order chi connectivity index (χ1) is 18.1. The van der Waals surface area contributed by atoms with Gasteiger partial charge in [-0.25, -0.2) is 15.0 Å². The summed E-state index contributed by atoms with van der Waals surface area (Å²) in [6, 6.07) is 11.6. The lowest BCUT2D eigenvalue weighted by atomic mass is 9.90. The van der Waals surface area contributed by atoms with E-state index < -0.39 is 11.7 Å². The molecule has 1 aliphatic rings. The summed E-state index contributed by atoms with van der Waals surface area (Å²) in [7, 11) is 0. The van der Waals surface area contributed by atoms with Gasteiger partial charge in [0.1, 0.15) is 16.8 Å². The predicted octanol–water partition coefficient (Wildman–Crippen LogP) is 7.63. The largest absolute Gasteiger partial charge is 0.377 e. The standard InChI is InChI=1S/C30H30ClN3O3S/c1-17-16-23-27(38-29(34-23)22-10-13-32-28(33-22)20-11-14-36-15-12-20)25(19-6-8-21(31)9-7-19)24(17)26(18(2)35)37-30(3,4)5/h6-11,13,16,26H,12,14-15H2,1-5H3/t26-/m1/s1. The van der Waals surface area contributed by atoms with Crippen molar-refractivity contribution in [3.63, 3.8) is 0 Å². The summed E-state index contributed by atoms with van der Waals surface area (Å²) in [5, 5.41) is 1.44. The molecular weight excluding hydrogens is 518 g/mol. The molecule has 1 aliphatic heterocycles.